The van der Waals surface area contributed by atoms with Gasteiger partial charge in [-0.15, -0.1) is 11.3 Å². The molecule has 1 atom stereocenters. The molecule has 6 heterocycles. The number of fused-ring (bicyclic) bond motifs is 2. The van der Waals surface area contributed by atoms with E-state index in [2.05, 4.69) is 16.8 Å². The minimum atomic E-state index is -0.783. The minimum Gasteiger partial charge on any atom is -0.490 e. The Hall–Kier alpha value is -4.36. The molecule has 2 amide bonds. The summed E-state index contributed by atoms with van der Waals surface area (Å²) in [5, 5.41) is 10.6. The van der Waals surface area contributed by atoms with E-state index in [1.807, 2.05) is 29.1 Å². The number of anilines is 1. The van der Waals surface area contributed by atoms with Crippen molar-refractivity contribution >= 4 is 39.1 Å². The van der Waals surface area contributed by atoms with Gasteiger partial charge in [-0.05, 0) is 36.9 Å². The monoisotopic (exact) mass is 648 g/mol. The normalized spacial score (nSPS) is 18.8. The minimum absolute atomic E-state index is 0.0382. The zero-order chi connectivity index (χ0) is 32.2. The van der Waals surface area contributed by atoms with Gasteiger partial charge in [0.1, 0.15) is 41.2 Å². The number of amides is 2. The smallest absolute Gasteiger partial charge is 0.246 e. The van der Waals surface area contributed by atoms with E-state index in [1.54, 1.807) is 4.90 Å². The van der Waals surface area contributed by atoms with E-state index in [4.69, 9.17) is 19.6 Å². The first-order chi connectivity index (χ1) is 22.2. The molecule has 3 aliphatic heterocycles. The number of halogens is 2. The number of nitrogens with one attached hydrogen (secondary N) is 1. The Labute approximate surface area is 268 Å². The number of rotatable bonds is 8. The van der Waals surface area contributed by atoms with Gasteiger partial charge < -0.3 is 24.6 Å². The molecule has 10 nitrogen and oxygen atoms in total. The molecule has 0 saturated carbocycles. The van der Waals surface area contributed by atoms with Crippen molar-refractivity contribution in [2.24, 2.45) is 5.41 Å². The number of hydrogen-bond donors (Lipinski definition) is 1. The van der Waals surface area contributed by atoms with Crippen LogP contribution in [-0.2, 0) is 20.9 Å². The molecule has 1 N–H and O–H groups in total. The molecule has 1 aromatic carbocycles. The van der Waals surface area contributed by atoms with Crippen LogP contribution in [-0.4, -0.2) is 78.0 Å². The molecule has 46 heavy (non-hydrogen) atoms. The van der Waals surface area contributed by atoms with Crippen molar-refractivity contribution in [3.63, 3.8) is 0 Å². The topological polar surface area (TPSA) is 102 Å². The van der Waals surface area contributed by atoms with Gasteiger partial charge in [0, 0.05) is 72.9 Å². The van der Waals surface area contributed by atoms with Crippen LogP contribution in [0.3, 0.4) is 0 Å². The summed E-state index contributed by atoms with van der Waals surface area (Å²) in [5.41, 5.74) is 2.16. The summed E-state index contributed by atoms with van der Waals surface area (Å²) < 4.78 is 44.3. The lowest BCUT2D eigenvalue weighted by molar-refractivity contribution is -0.129. The second kappa shape index (κ2) is 11.8. The number of nitrogens with zero attached hydrogens (tertiary/aromatic N) is 5. The van der Waals surface area contributed by atoms with Gasteiger partial charge >= 0.3 is 0 Å². The van der Waals surface area contributed by atoms with Crippen LogP contribution in [0, 0.1) is 17.0 Å². The number of hydrogen-bond acceptors (Lipinski definition) is 8. The highest BCUT2D eigenvalue weighted by Gasteiger charge is 2.47. The summed E-state index contributed by atoms with van der Waals surface area (Å²) in [6, 6.07) is 5.59. The Kier molecular flexibility index (Phi) is 7.76. The fourth-order valence-electron chi connectivity index (χ4n) is 6.99. The van der Waals surface area contributed by atoms with Crippen LogP contribution in [0.1, 0.15) is 31.5 Å². The molecule has 13 heteroatoms. The van der Waals surface area contributed by atoms with Crippen molar-refractivity contribution in [3.8, 4) is 28.3 Å². The molecule has 0 radical (unpaired) electrons. The summed E-state index contributed by atoms with van der Waals surface area (Å²) in [6.45, 7) is 8.82. The van der Waals surface area contributed by atoms with Gasteiger partial charge in [-0.2, -0.15) is 5.10 Å². The van der Waals surface area contributed by atoms with Gasteiger partial charge in [0.15, 0.2) is 0 Å². The second-order valence-electron chi connectivity index (χ2n) is 12.1. The van der Waals surface area contributed by atoms with Crippen LogP contribution >= 0.6 is 11.3 Å². The van der Waals surface area contributed by atoms with Crippen LogP contribution in [0.25, 0.3) is 32.6 Å². The van der Waals surface area contributed by atoms with E-state index in [0.717, 1.165) is 34.1 Å². The number of methoxy groups -OCH3 is 1. The largest absolute Gasteiger partial charge is 0.490 e. The molecular formula is C33H34F2N6O4S. The van der Waals surface area contributed by atoms with E-state index in [9.17, 15) is 14.0 Å². The van der Waals surface area contributed by atoms with Gasteiger partial charge in [-0.25, -0.2) is 13.8 Å². The molecule has 2 saturated heterocycles. The fourth-order valence-corrected chi connectivity index (χ4v) is 7.93. The van der Waals surface area contributed by atoms with Crippen molar-refractivity contribution in [1.82, 2.24) is 25.0 Å². The number of pyridine rings is 1. The predicted molar refractivity (Wildman–Crippen MR) is 171 cm³/mol. The highest BCUT2D eigenvalue weighted by Crippen LogP contribution is 2.50. The Balaban J connectivity index is 1.41. The first-order valence-electron chi connectivity index (χ1n) is 15.3. The molecule has 240 valence electrons. The number of thiophene rings is 1. The van der Waals surface area contributed by atoms with Crippen LogP contribution in [0.4, 0.5) is 14.6 Å². The standard InChI is InChI=1S/C33H34F2N6O4S/c1-4-27(43)40-8-9-41-24(19(40)2)15-23(38-41)30-29(28-22(35)13-20(34)14-25(28)45-11-10-44-3)31-21(5-12-46-31)32(37-30)39-17-33(18-39)6-7-36-26(42)16-33/h4-5,12-15,19H,1,6-11,16-18H2,2-3H3,(H,36,42)/t19-/m1/s1. The van der Waals surface area contributed by atoms with Crippen molar-refractivity contribution < 1.29 is 27.8 Å². The van der Waals surface area contributed by atoms with Crippen LogP contribution in [0.15, 0.2) is 42.3 Å². The third-order valence-corrected chi connectivity index (χ3v) is 10.2. The molecule has 0 aliphatic carbocycles. The van der Waals surface area contributed by atoms with E-state index in [-0.39, 0.29) is 47.8 Å². The van der Waals surface area contributed by atoms with Crippen molar-refractivity contribution in [2.75, 3.05) is 51.4 Å². The van der Waals surface area contributed by atoms with Gasteiger partial charge in [0.05, 0.1) is 30.5 Å². The molecule has 7 rings (SSSR count). The number of carbonyl (C=O) groups is 2. The first kappa shape index (κ1) is 30.3. The Bertz CT molecular complexity index is 1870. The van der Waals surface area contributed by atoms with Gasteiger partial charge in [-0.1, -0.05) is 6.58 Å². The van der Waals surface area contributed by atoms with E-state index < -0.39 is 11.6 Å². The summed E-state index contributed by atoms with van der Waals surface area (Å²) in [6.07, 6.45) is 2.66. The average molecular weight is 649 g/mol. The lowest BCUT2D eigenvalue weighted by atomic mass is 9.72. The van der Waals surface area contributed by atoms with Crippen molar-refractivity contribution in [3.05, 3.63) is 59.6 Å². The average Bonchev–Trinajstić information content (AvgIpc) is 3.68. The van der Waals surface area contributed by atoms with Crippen molar-refractivity contribution in [2.45, 2.75) is 32.4 Å². The van der Waals surface area contributed by atoms with Crippen LogP contribution in [0.5, 0.6) is 5.75 Å². The fraction of sp³-hybridized carbons (Fsp3) is 0.394. The molecule has 1 spiro atoms. The maximum absolute atomic E-state index is 16.0. The predicted octanol–water partition coefficient (Wildman–Crippen LogP) is 4.94. The third-order valence-electron chi connectivity index (χ3n) is 9.23. The molecule has 0 bridgehead atoms. The SMILES string of the molecule is C=CC(=O)N1CCn2nc(-c3nc(N4CC5(CCNC(=O)C5)C4)c4ccsc4c3-c3c(F)cc(F)cc3OCCOC)cc2[C@H]1C. The number of benzene rings is 1. The van der Waals surface area contributed by atoms with Gasteiger partial charge in [0.2, 0.25) is 11.8 Å². The van der Waals surface area contributed by atoms with E-state index >= 15 is 4.39 Å². The maximum atomic E-state index is 16.0. The molecule has 0 unspecified atom stereocenters. The van der Waals surface area contributed by atoms with Crippen LogP contribution in [0.2, 0.25) is 0 Å². The summed E-state index contributed by atoms with van der Waals surface area (Å²) >= 11 is 1.43. The number of piperidine rings is 1. The molecule has 4 aromatic rings. The van der Waals surface area contributed by atoms with Crippen molar-refractivity contribution in [1.29, 1.82) is 0 Å². The molecule has 3 aromatic heterocycles. The van der Waals surface area contributed by atoms with Gasteiger partial charge in [0.25, 0.3) is 0 Å². The number of carbonyl (C=O) groups excluding carboxylic acids is 2. The van der Waals surface area contributed by atoms with E-state index in [0.29, 0.717) is 56.1 Å². The summed E-state index contributed by atoms with van der Waals surface area (Å²) in [4.78, 5) is 33.9. The van der Waals surface area contributed by atoms with Gasteiger partial charge in [-0.3, -0.25) is 14.3 Å². The lowest BCUT2D eigenvalue weighted by Gasteiger charge is -2.52. The zero-order valence-electron chi connectivity index (χ0n) is 25.6. The first-order valence-corrected chi connectivity index (χ1v) is 16.1. The lowest BCUT2D eigenvalue weighted by Crippen LogP contribution is -2.61. The molecule has 3 aliphatic rings. The summed E-state index contributed by atoms with van der Waals surface area (Å²) in [7, 11) is 1.53. The number of aromatic nitrogens is 3. The summed E-state index contributed by atoms with van der Waals surface area (Å²) in [5.74, 6) is -0.895. The maximum Gasteiger partial charge on any atom is 0.246 e. The van der Waals surface area contributed by atoms with E-state index in [1.165, 1.54) is 30.6 Å². The second-order valence-corrected chi connectivity index (χ2v) is 13.1. The Morgan fingerprint density at radius 3 is 2.80 bits per heavy atom. The number of ether oxygens (including phenoxy) is 2. The highest BCUT2D eigenvalue weighted by atomic mass is 32.1. The third kappa shape index (κ3) is 5.11. The molecular weight excluding hydrogens is 614 g/mol. The Morgan fingerprint density at radius 2 is 2.04 bits per heavy atom. The highest BCUT2D eigenvalue weighted by molar-refractivity contribution is 7.18. The van der Waals surface area contributed by atoms with Crippen LogP contribution < -0.4 is 15.0 Å². The zero-order valence-corrected chi connectivity index (χ0v) is 26.5. The molecule has 2 fully saturated rings. The quantitative estimate of drug-likeness (QED) is 0.214. The Morgan fingerprint density at radius 1 is 1.22 bits per heavy atom.